The molecule has 0 spiro atoms. The Bertz CT molecular complexity index is 1290. The van der Waals surface area contributed by atoms with E-state index in [0.717, 1.165) is 33.5 Å². The molecule has 1 aromatic heterocycles. The second kappa shape index (κ2) is 9.85. The molecule has 0 aliphatic heterocycles. The van der Waals surface area contributed by atoms with E-state index in [-0.39, 0.29) is 24.9 Å². The molecule has 3 aromatic carbocycles. The number of imidazole rings is 1. The van der Waals surface area contributed by atoms with E-state index < -0.39 is 12.1 Å². The highest BCUT2D eigenvalue weighted by Crippen LogP contribution is 2.44. The van der Waals surface area contributed by atoms with Crippen molar-refractivity contribution < 1.29 is 14.3 Å². The standard InChI is InChI=1S/C28H26N4O3/c1-18-10-12-19(13-11-18)31-27(33)26(14-20-15-29-17-30-20)32-28(34)35-16-25-23-8-4-2-6-21(23)22-7-3-5-9-24(22)25/h2-13,15,17,25-26H,14,16H2,1H3,(H,29,30)(H,31,33)(H,32,34)/t26-/m1/s1. The summed E-state index contributed by atoms with van der Waals surface area (Å²) in [6.07, 6.45) is 2.78. The lowest BCUT2D eigenvalue weighted by molar-refractivity contribution is -0.118. The normalized spacial score (nSPS) is 12.9. The second-order valence-corrected chi connectivity index (χ2v) is 8.66. The first-order valence-corrected chi connectivity index (χ1v) is 11.5. The third-order valence-corrected chi connectivity index (χ3v) is 6.25. The third-order valence-electron chi connectivity index (χ3n) is 6.25. The van der Waals surface area contributed by atoms with E-state index in [1.807, 2.05) is 55.5 Å². The third kappa shape index (κ3) is 4.94. The van der Waals surface area contributed by atoms with Crippen molar-refractivity contribution in [3.05, 3.63) is 108 Å². The Morgan fingerprint density at radius 2 is 1.63 bits per heavy atom. The summed E-state index contributed by atoms with van der Waals surface area (Å²) in [6.45, 7) is 2.15. The highest BCUT2D eigenvalue weighted by Gasteiger charge is 2.30. The maximum absolute atomic E-state index is 13.0. The summed E-state index contributed by atoms with van der Waals surface area (Å²) in [6, 6.07) is 23.0. The van der Waals surface area contributed by atoms with Crippen LogP contribution in [-0.4, -0.2) is 34.6 Å². The van der Waals surface area contributed by atoms with E-state index in [9.17, 15) is 9.59 Å². The van der Waals surface area contributed by atoms with Gasteiger partial charge in [0, 0.05) is 29.9 Å². The maximum atomic E-state index is 13.0. The Morgan fingerprint density at radius 1 is 0.971 bits per heavy atom. The van der Waals surface area contributed by atoms with Gasteiger partial charge in [0.05, 0.1) is 6.33 Å². The number of aromatic nitrogens is 2. The zero-order chi connectivity index (χ0) is 24.2. The molecule has 1 heterocycles. The van der Waals surface area contributed by atoms with E-state index in [2.05, 4.69) is 44.9 Å². The van der Waals surface area contributed by atoms with Crippen molar-refractivity contribution in [1.29, 1.82) is 0 Å². The smallest absolute Gasteiger partial charge is 0.407 e. The number of hydrogen-bond donors (Lipinski definition) is 3. The van der Waals surface area contributed by atoms with Crippen LogP contribution in [0.25, 0.3) is 11.1 Å². The summed E-state index contributed by atoms with van der Waals surface area (Å²) >= 11 is 0. The van der Waals surface area contributed by atoms with Crippen molar-refractivity contribution in [2.45, 2.75) is 25.3 Å². The molecule has 1 atom stereocenters. The number of carbonyl (C=O) groups excluding carboxylic acids is 2. The van der Waals surface area contributed by atoms with Gasteiger partial charge in [0.1, 0.15) is 12.6 Å². The van der Waals surface area contributed by atoms with E-state index in [1.54, 1.807) is 6.20 Å². The molecule has 35 heavy (non-hydrogen) atoms. The average molecular weight is 467 g/mol. The number of amides is 2. The second-order valence-electron chi connectivity index (χ2n) is 8.66. The number of alkyl carbamates (subject to hydrolysis) is 1. The fourth-order valence-corrected chi connectivity index (χ4v) is 4.47. The molecule has 7 heteroatoms. The number of aromatic amines is 1. The number of nitrogens with zero attached hydrogens (tertiary/aromatic N) is 1. The molecule has 0 fully saturated rings. The molecule has 1 aliphatic rings. The van der Waals surface area contributed by atoms with Gasteiger partial charge in [-0.05, 0) is 41.3 Å². The Hall–Kier alpha value is -4.39. The lowest BCUT2D eigenvalue weighted by Crippen LogP contribution is -2.45. The van der Waals surface area contributed by atoms with E-state index in [0.29, 0.717) is 5.69 Å². The fourth-order valence-electron chi connectivity index (χ4n) is 4.47. The lowest BCUT2D eigenvalue weighted by atomic mass is 9.98. The summed E-state index contributed by atoms with van der Waals surface area (Å²) in [5.41, 5.74) is 7.06. The number of hydrogen-bond acceptors (Lipinski definition) is 4. The van der Waals surface area contributed by atoms with Gasteiger partial charge < -0.3 is 20.4 Å². The van der Waals surface area contributed by atoms with E-state index in [4.69, 9.17) is 4.74 Å². The number of benzene rings is 3. The van der Waals surface area contributed by atoms with Crippen molar-refractivity contribution in [3.63, 3.8) is 0 Å². The van der Waals surface area contributed by atoms with E-state index >= 15 is 0 Å². The zero-order valence-electron chi connectivity index (χ0n) is 19.3. The van der Waals surface area contributed by atoms with Crippen LogP contribution in [0.1, 0.15) is 28.3 Å². The monoisotopic (exact) mass is 466 g/mol. The SMILES string of the molecule is Cc1ccc(NC(=O)[C@@H](Cc2cnc[nH]2)NC(=O)OCC2c3ccccc3-c3ccccc32)cc1. The molecule has 0 saturated heterocycles. The first kappa shape index (κ1) is 22.4. The summed E-state index contributed by atoms with van der Waals surface area (Å²) in [4.78, 5) is 32.8. The van der Waals surface area contributed by atoms with Crippen molar-refractivity contribution in [2.24, 2.45) is 0 Å². The predicted molar refractivity (Wildman–Crippen MR) is 134 cm³/mol. The van der Waals surface area contributed by atoms with Crippen LogP contribution in [-0.2, 0) is 16.0 Å². The summed E-state index contributed by atoms with van der Waals surface area (Å²) < 4.78 is 5.65. The molecule has 0 bridgehead atoms. The number of rotatable bonds is 7. The van der Waals surface area contributed by atoms with Crippen LogP contribution in [0.15, 0.2) is 85.3 Å². The Balaban J connectivity index is 1.27. The zero-order valence-corrected chi connectivity index (χ0v) is 19.3. The molecular formula is C28H26N4O3. The van der Waals surface area contributed by atoms with E-state index in [1.165, 1.54) is 6.33 Å². The summed E-state index contributed by atoms with van der Waals surface area (Å²) in [7, 11) is 0. The van der Waals surface area contributed by atoms with Crippen molar-refractivity contribution >= 4 is 17.7 Å². The quantitative estimate of drug-likeness (QED) is 0.364. The molecule has 0 radical (unpaired) electrons. The van der Waals surface area contributed by atoms with Gasteiger partial charge in [-0.25, -0.2) is 9.78 Å². The first-order chi connectivity index (χ1) is 17.1. The number of fused-ring (bicyclic) bond motifs is 3. The van der Waals surface area contributed by atoms with Crippen LogP contribution < -0.4 is 10.6 Å². The van der Waals surface area contributed by atoms with Gasteiger partial charge in [-0.2, -0.15) is 0 Å². The molecule has 0 saturated carbocycles. The van der Waals surface area contributed by atoms with Gasteiger partial charge in [-0.3, -0.25) is 4.79 Å². The number of carbonyl (C=O) groups is 2. The minimum absolute atomic E-state index is 0.0550. The maximum Gasteiger partial charge on any atom is 0.407 e. The number of aryl methyl sites for hydroxylation is 1. The lowest BCUT2D eigenvalue weighted by Gasteiger charge is -2.19. The van der Waals surface area contributed by atoms with Crippen molar-refractivity contribution in [2.75, 3.05) is 11.9 Å². The van der Waals surface area contributed by atoms with Crippen LogP contribution >= 0.6 is 0 Å². The van der Waals surface area contributed by atoms with Crippen LogP contribution in [0.3, 0.4) is 0 Å². The summed E-state index contributed by atoms with van der Waals surface area (Å²) in [5, 5.41) is 5.60. The van der Waals surface area contributed by atoms with Gasteiger partial charge in [-0.1, -0.05) is 66.2 Å². The number of nitrogens with one attached hydrogen (secondary N) is 3. The van der Waals surface area contributed by atoms with Gasteiger partial charge in [-0.15, -0.1) is 0 Å². The van der Waals surface area contributed by atoms with Crippen molar-refractivity contribution in [3.8, 4) is 11.1 Å². The Labute approximate surface area is 203 Å². The topological polar surface area (TPSA) is 96.1 Å². The predicted octanol–water partition coefficient (Wildman–Crippen LogP) is 4.81. The Morgan fingerprint density at radius 3 is 2.26 bits per heavy atom. The molecule has 3 N–H and O–H groups in total. The largest absolute Gasteiger partial charge is 0.449 e. The molecule has 7 nitrogen and oxygen atoms in total. The van der Waals surface area contributed by atoms with Crippen LogP contribution in [0.4, 0.5) is 10.5 Å². The molecule has 1 aliphatic carbocycles. The minimum atomic E-state index is -0.840. The molecule has 176 valence electrons. The van der Waals surface area contributed by atoms with Crippen molar-refractivity contribution in [1.82, 2.24) is 15.3 Å². The Kier molecular flexibility index (Phi) is 6.30. The number of anilines is 1. The number of ether oxygens (including phenoxy) is 1. The average Bonchev–Trinajstić information content (AvgIpc) is 3.50. The van der Waals surface area contributed by atoms with Gasteiger partial charge in [0.25, 0.3) is 0 Å². The van der Waals surface area contributed by atoms with Gasteiger partial charge in [0.2, 0.25) is 5.91 Å². The van der Waals surface area contributed by atoms with Crippen LogP contribution in [0.2, 0.25) is 0 Å². The molecule has 2 amide bonds. The van der Waals surface area contributed by atoms with Crippen LogP contribution in [0, 0.1) is 6.92 Å². The molecule has 0 unspecified atom stereocenters. The highest BCUT2D eigenvalue weighted by molar-refractivity contribution is 5.96. The highest BCUT2D eigenvalue weighted by atomic mass is 16.5. The number of H-pyrrole nitrogens is 1. The van der Waals surface area contributed by atoms with Crippen LogP contribution in [0.5, 0.6) is 0 Å². The van der Waals surface area contributed by atoms with Gasteiger partial charge in [0.15, 0.2) is 0 Å². The fraction of sp³-hybridized carbons (Fsp3) is 0.179. The van der Waals surface area contributed by atoms with Gasteiger partial charge >= 0.3 is 6.09 Å². The molecule has 5 rings (SSSR count). The molecule has 4 aromatic rings. The minimum Gasteiger partial charge on any atom is -0.449 e. The first-order valence-electron chi connectivity index (χ1n) is 11.5. The summed E-state index contributed by atoms with van der Waals surface area (Å²) in [5.74, 6) is -0.391. The molecular weight excluding hydrogens is 440 g/mol.